The summed E-state index contributed by atoms with van der Waals surface area (Å²) in [5, 5.41) is 3.20. The van der Waals surface area contributed by atoms with Gasteiger partial charge in [-0.05, 0) is 46.7 Å². The lowest BCUT2D eigenvalue weighted by Gasteiger charge is -2.19. The van der Waals surface area contributed by atoms with E-state index in [0.29, 0.717) is 6.73 Å². The van der Waals surface area contributed by atoms with Gasteiger partial charge in [0.2, 0.25) is 0 Å². The smallest absolute Gasteiger partial charge is 0.0972 e. The second-order valence-corrected chi connectivity index (χ2v) is 3.90. The average Bonchev–Trinajstić information content (AvgIpc) is 1.94. The Kier molecular flexibility index (Phi) is 6.34. The summed E-state index contributed by atoms with van der Waals surface area (Å²) >= 11 is 0. The molecule has 0 aromatic rings. The van der Waals surface area contributed by atoms with E-state index in [1.807, 2.05) is 0 Å². The molecule has 0 aliphatic carbocycles. The first-order valence-corrected chi connectivity index (χ1v) is 4.61. The molecular weight excluding hydrogens is 152 g/mol. The molecular formula is C9H22N2O. The molecule has 0 aliphatic heterocycles. The van der Waals surface area contributed by atoms with E-state index in [2.05, 4.69) is 26.1 Å². The molecule has 0 heterocycles. The van der Waals surface area contributed by atoms with E-state index < -0.39 is 0 Å². The third-order valence-corrected chi connectivity index (χ3v) is 1.41. The van der Waals surface area contributed by atoms with Crippen molar-refractivity contribution in [2.24, 2.45) is 5.73 Å². The SMILES string of the molecule is CC(C)(C)OCNCCCCN. The van der Waals surface area contributed by atoms with Crippen LogP contribution in [0.1, 0.15) is 33.6 Å². The van der Waals surface area contributed by atoms with E-state index in [1.54, 1.807) is 0 Å². The summed E-state index contributed by atoms with van der Waals surface area (Å²) in [7, 11) is 0. The number of ether oxygens (including phenoxy) is 1. The van der Waals surface area contributed by atoms with Crippen LogP contribution in [0.5, 0.6) is 0 Å². The number of nitrogens with one attached hydrogen (secondary N) is 1. The molecule has 0 amide bonds. The van der Waals surface area contributed by atoms with Crippen LogP contribution in [0.3, 0.4) is 0 Å². The van der Waals surface area contributed by atoms with Gasteiger partial charge in [-0.1, -0.05) is 0 Å². The van der Waals surface area contributed by atoms with E-state index in [-0.39, 0.29) is 5.60 Å². The van der Waals surface area contributed by atoms with E-state index in [1.165, 1.54) is 0 Å². The molecule has 0 radical (unpaired) electrons. The number of hydrogen-bond donors (Lipinski definition) is 2. The molecule has 0 saturated heterocycles. The molecule has 0 fully saturated rings. The molecule has 3 nitrogen and oxygen atoms in total. The maximum atomic E-state index is 5.47. The predicted molar refractivity (Wildman–Crippen MR) is 52.0 cm³/mol. The normalized spacial score (nSPS) is 12.0. The van der Waals surface area contributed by atoms with Crippen molar-refractivity contribution in [1.82, 2.24) is 5.32 Å². The molecule has 0 aromatic carbocycles. The van der Waals surface area contributed by atoms with Crippen LogP contribution in [-0.2, 0) is 4.74 Å². The van der Waals surface area contributed by atoms with Crippen LogP contribution in [-0.4, -0.2) is 25.4 Å². The van der Waals surface area contributed by atoms with Crippen LogP contribution in [0.25, 0.3) is 0 Å². The molecule has 0 aliphatic rings. The van der Waals surface area contributed by atoms with Gasteiger partial charge in [0.25, 0.3) is 0 Å². The minimum Gasteiger partial charge on any atom is -0.361 e. The average molecular weight is 174 g/mol. The van der Waals surface area contributed by atoms with E-state index in [0.717, 1.165) is 25.9 Å². The van der Waals surface area contributed by atoms with E-state index >= 15 is 0 Å². The zero-order valence-corrected chi connectivity index (χ0v) is 8.52. The molecule has 0 spiro atoms. The Balaban J connectivity index is 3.01. The first-order valence-electron chi connectivity index (χ1n) is 4.61. The van der Waals surface area contributed by atoms with Gasteiger partial charge in [0.15, 0.2) is 0 Å². The fourth-order valence-corrected chi connectivity index (χ4v) is 0.734. The number of hydrogen-bond acceptors (Lipinski definition) is 3. The van der Waals surface area contributed by atoms with Gasteiger partial charge in [0, 0.05) is 0 Å². The molecule has 0 saturated carbocycles. The van der Waals surface area contributed by atoms with Gasteiger partial charge in [0.05, 0.1) is 12.3 Å². The molecule has 0 atom stereocenters. The highest BCUT2D eigenvalue weighted by atomic mass is 16.5. The second kappa shape index (κ2) is 6.40. The third kappa shape index (κ3) is 9.88. The summed E-state index contributed by atoms with van der Waals surface area (Å²) in [6.45, 7) is 8.56. The van der Waals surface area contributed by atoms with Gasteiger partial charge in [0.1, 0.15) is 0 Å². The molecule has 0 rings (SSSR count). The van der Waals surface area contributed by atoms with Gasteiger partial charge < -0.3 is 10.5 Å². The molecule has 12 heavy (non-hydrogen) atoms. The molecule has 74 valence electrons. The maximum Gasteiger partial charge on any atom is 0.0972 e. The topological polar surface area (TPSA) is 47.3 Å². The number of nitrogens with two attached hydrogens (primary N) is 1. The van der Waals surface area contributed by atoms with Crippen molar-refractivity contribution in [1.29, 1.82) is 0 Å². The molecule has 0 bridgehead atoms. The first kappa shape index (κ1) is 11.9. The van der Waals surface area contributed by atoms with Gasteiger partial charge in [-0.25, -0.2) is 0 Å². The van der Waals surface area contributed by atoms with Crippen LogP contribution < -0.4 is 11.1 Å². The monoisotopic (exact) mass is 174 g/mol. The van der Waals surface area contributed by atoms with Gasteiger partial charge in [-0.3, -0.25) is 5.32 Å². The van der Waals surface area contributed by atoms with Crippen LogP contribution >= 0.6 is 0 Å². The minimum atomic E-state index is -0.0408. The Hall–Kier alpha value is -0.120. The van der Waals surface area contributed by atoms with Crippen molar-refractivity contribution in [3.05, 3.63) is 0 Å². The van der Waals surface area contributed by atoms with Crippen molar-refractivity contribution >= 4 is 0 Å². The summed E-state index contributed by atoms with van der Waals surface area (Å²) in [4.78, 5) is 0. The predicted octanol–water partition coefficient (Wildman–Crippen LogP) is 1.09. The number of rotatable bonds is 6. The van der Waals surface area contributed by atoms with Crippen molar-refractivity contribution in [3.8, 4) is 0 Å². The Labute approximate surface area is 75.7 Å². The van der Waals surface area contributed by atoms with Crippen molar-refractivity contribution < 1.29 is 4.74 Å². The highest BCUT2D eigenvalue weighted by Gasteiger charge is 2.08. The molecule has 3 N–H and O–H groups in total. The maximum absolute atomic E-state index is 5.47. The summed E-state index contributed by atoms with van der Waals surface area (Å²) in [5.41, 5.74) is 5.31. The summed E-state index contributed by atoms with van der Waals surface area (Å²) in [5.74, 6) is 0. The summed E-state index contributed by atoms with van der Waals surface area (Å²) < 4.78 is 5.47. The Morgan fingerprint density at radius 3 is 2.42 bits per heavy atom. The van der Waals surface area contributed by atoms with Crippen LogP contribution in [0, 0.1) is 0 Å². The fraction of sp³-hybridized carbons (Fsp3) is 1.00. The van der Waals surface area contributed by atoms with Crippen molar-refractivity contribution in [2.45, 2.75) is 39.2 Å². The van der Waals surface area contributed by atoms with Gasteiger partial charge in [-0.15, -0.1) is 0 Å². The van der Waals surface area contributed by atoms with Crippen molar-refractivity contribution in [3.63, 3.8) is 0 Å². The fourth-order valence-electron chi connectivity index (χ4n) is 0.734. The highest BCUT2D eigenvalue weighted by molar-refractivity contribution is 4.57. The van der Waals surface area contributed by atoms with E-state index in [9.17, 15) is 0 Å². The Morgan fingerprint density at radius 2 is 1.92 bits per heavy atom. The van der Waals surface area contributed by atoms with Crippen LogP contribution in [0.15, 0.2) is 0 Å². The van der Waals surface area contributed by atoms with E-state index in [4.69, 9.17) is 10.5 Å². The number of unbranched alkanes of at least 4 members (excludes halogenated alkanes) is 1. The zero-order valence-electron chi connectivity index (χ0n) is 8.52. The first-order chi connectivity index (χ1) is 5.56. The summed E-state index contributed by atoms with van der Waals surface area (Å²) in [6.07, 6.45) is 2.21. The molecule has 0 unspecified atom stereocenters. The quantitative estimate of drug-likeness (QED) is 0.468. The zero-order chi connectivity index (χ0) is 9.45. The molecule has 0 aromatic heterocycles. The Morgan fingerprint density at radius 1 is 1.25 bits per heavy atom. The van der Waals surface area contributed by atoms with Crippen LogP contribution in [0.2, 0.25) is 0 Å². The lowest BCUT2D eigenvalue weighted by atomic mass is 10.2. The summed E-state index contributed by atoms with van der Waals surface area (Å²) in [6, 6.07) is 0. The van der Waals surface area contributed by atoms with Gasteiger partial charge >= 0.3 is 0 Å². The Bertz CT molecular complexity index is 99.2. The largest absolute Gasteiger partial charge is 0.361 e. The van der Waals surface area contributed by atoms with Gasteiger partial charge in [-0.2, -0.15) is 0 Å². The third-order valence-electron chi connectivity index (χ3n) is 1.41. The minimum absolute atomic E-state index is 0.0408. The molecule has 3 heteroatoms. The van der Waals surface area contributed by atoms with Crippen LogP contribution in [0.4, 0.5) is 0 Å². The lowest BCUT2D eigenvalue weighted by molar-refractivity contribution is -0.0130. The highest BCUT2D eigenvalue weighted by Crippen LogP contribution is 2.04. The lowest BCUT2D eigenvalue weighted by Crippen LogP contribution is -2.28. The van der Waals surface area contributed by atoms with Crippen molar-refractivity contribution in [2.75, 3.05) is 19.8 Å². The standard InChI is InChI=1S/C9H22N2O/c1-9(2,3)12-8-11-7-5-4-6-10/h11H,4-8,10H2,1-3H3. The second-order valence-electron chi connectivity index (χ2n) is 3.90.